The van der Waals surface area contributed by atoms with Crippen LogP contribution in [0.2, 0.25) is 0 Å². The van der Waals surface area contributed by atoms with Gasteiger partial charge >= 0.3 is 0 Å². The zero-order valence-electron chi connectivity index (χ0n) is 10.8. The molecule has 0 aliphatic carbocycles. The van der Waals surface area contributed by atoms with Crippen LogP contribution in [0, 0.1) is 12.7 Å². The van der Waals surface area contributed by atoms with E-state index in [-0.39, 0.29) is 5.82 Å². The van der Waals surface area contributed by atoms with Crippen LogP contribution in [0.5, 0.6) is 0 Å². The molecule has 1 aromatic heterocycles. The quantitative estimate of drug-likeness (QED) is 0.902. The van der Waals surface area contributed by atoms with Crippen LogP contribution in [-0.4, -0.2) is 11.2 Å². The summed E-state index contributed by atoms with van der Waals surface area (Å²) in [4.78, 5) is 0. The lowest BCUT2D eigenvalue weighted by Gasteiger charge is -2.05. The standard InChI is InChI=1S/C14H17FN2O/c1-9(2)16-8-13-10(3)14(18-17-13)11-5-4-6-12(15)7-11/h4-7,9,16H,8H2,1-3H3. The van der Waals surface area contributed by atoms with E-state index in [9.17, 15) is 4.39 Å². The minimum absolute atomic E-state index is 0.273. The number of aromatic nitrogens is 1. The van der Waals surface area contributed by atoms with Crippen LogP contribution in [0.4, 0.5) is 4.39 Å². The number of hydrogen-bond donors (Lipinski definition) is 1. The van der Waals surface area contributed by atoms with Crippen LogP contribution in [0.15, 0.2) is 28.8 Å². The second-order valence-corrected chi connectivity index (χ2v) is 4.63. The summed E-state index contributed by atoms with van der Waals surface area (Å²) < 4.78 is 18.5. The summed E-state index contributed by atoms with van der Waals surface area (Å²) in [7, 11) is 0. The molecule has 0 spiro atoms. The van der Waals surface area contributed by atoms with Gasteiger partial charge in [-0.1, -0.05) is 31.1 Å². The Morgan fingerprint density at radius 3 is 2.83 bits per heavy atom. The maximum Gasteiger partial charge on any atom is 0.170 e. The van der Waals surface area contributed by atoms with E-state index in [1.807, 2.05) is 13.0 Å². The largest absolute Gasteiger partial charge is 0.356 e. The van der Waals surface area contributed by atoms with Crippen LogP contribution in [0.3, 0.4) is 0 Å². The van der Waals surface area contributed by atoms with Gasteiger partial charge in [0.05, 0.1) is 0 Å². The molecule has 3 nitrogen and oxygen atoms in total. The van der Waals surface area contributed by atoms with Crippen molar-refractivity contribution in [3.05, 3.63) is 41.3 Å². The Morgan fingerprint density at radius 1 is 1.39 bits per heavy atom. The van der Waals surface area contributed by atoms with Crippen molar-refractivity contribution in [3.63, 3.8) is 0 Å². The van der Waals surface area contributed by atoms with Gasteiger partial charge in [0.25, 0.3) is 0 Å². The first-order valence-electron chi connectivity index (χ1n) is 6.02. The van der Waals surface area contributed by atoms with Gasteiger partial charge in [-0.25, -0.2) is 4.39 Å². The third-order valence-electron chi connectivity index (χ3n) is 2.79. The maximum absolute atomic E-state index is 13.2. The number of rotatable bonds is 4. The Labute approximate surface area is 106 Å². The van der Waals surface area contributed by atoms with Crippen molar-refractivity contribution >= 4 is 0 Å². The molecule has 4 heteroatoms. The van der Waals surface area contributed by atoms with Crippen LogP contribution >= 0.6 is 0 Å². The smallest absolute Gasteiger partial charge is 0.170 e. The van der Waals surface area contributed by atoms with Gasteiger partial charge in [0.2, 0.25) is 0 Å². The van der Waals surface area contributed by atoms with Crippen molar-refractivity contribution in [2.45, 2.75) is 33.4 Å². The van der Waals surface area contributed by atoms with E-state index in [2.05, 4.69) is 24.3 Å². The first-order chi connectivity index (χ1) is 8.58. The van der Waals surface area contributed by atoms with E-state index in [0.717, 1.165) is 16.8 Å². The second kappa shape index (κ2) is 5.31. The zero-order chi connectivity index (χ0) is 13.1. The molecular formula is C14H17FN2O. The Balaban J connectivity index is 2.25. The number of halogens is 1. The molecule has 1 aromatic carbocycles. The molecule has 0 saturated carbocycles. The monoisotopic (exact) mass is 248 g/mol. The Bertz CT molecular complexity index is 534. The van der Waals surface area contributed by atoms with E-state index in [4.69, 9.17) is 4.52 Å². The summed E-state index contributed by atoms with van der Waals surface area (Å²) in [6, 6.07) is 6.73. The summed E-state index contributed by atoms with van der Waals surface area (Å²) in [6.07, 6.45) is 0. The Hall–Kier alpha value is -1.68. The highest BCUT2D eigenvalue weighted by molar-refractivity contribution is 5.61. The molecule has 1 heterocycles. The number of nitrogens with one attached hydrogen (secondary N) is 1. The molecule has 2 rings (SSSR count). The summed E-state index contributed by atoms with van der Waals surface area (Å²) in [6.45, 7) is 6.74. The second-order valence-electron chi connectivity index (χ2n) is 4.63. The SMILES string of the molecule is Cc1c(CNC(C)C)noc1-c1cccc(F)c1. The van der Waals surface area contributed by atoms with Crippen LogP contribution in [0.1, 0.15) is 25.1 Å². The zero-order valence-corrected chi connectivity index (χ0v) is 10.8. The van der Waals surface area contributed by atoms with Gasteiger partial charge in [-0.05, 0) is 19.1 Å². The molecule has 0 saturated heterocycles. The third-order valence-corrected chi connectivity index (χ3v) is 2.79. The number of benzene rings is 1. The highest BCUT2D eigenvalue weighted by Gasteiger charge is 2.14. The first kappa shape index (κ1) is 12.8. The molecule has 0 atom stereocenters. The van der Waals surface area contributed by atoms with Crippen LogP contribution in [-0.2, 0) is 6.54 Å². The average molecular weight is 248 g/mol. The lowest BCUT2D eigenvalue weighted by molar-refractivity contribution is 0.417. The molecular weight excluding hydrogens is 231 g/mol. The van der Waals surface area contributed by atoms with E-state index >= 15 is 0 Å². The predicted octanol–water partition coefficient (Wildman–Crippen LogP) is 3.29. The summed E-state index contributed by atoms with van der Waals surface area (Å²) in [5, 5.41) is 7.32. The molecule has 0 bridgehead atoms. The predicted molar refractivity (Wildman–Crippen MR) is 68.6 cm³/mol. The van der Waals surface area contributed by atoms with Crippen molar-refractivity contribution in [1.29, 1.82) is 0 Å². The molecule has 18 heavy (non-hydrogen) atoms. The minimum Gasteiger partial charge on any atom is -0.356 e. The molecule has 0 unspecified atom stereocenters. The van der Waals surface area contributed by atoms with Gasteiger partial charge in [-0.2, -0.15) is 0 Å². The van der Waals surface area contributed by atoms with Crippen LogP contribution in [0.25, 0.3) is 11.3 Å². The highest BCUT2D eigenvalue weighted by Crippen LogP contribution is 2.26. The van der Waals surface area contributed by atoms with Gasteiger partial charge in [0.15, 0.2) is 5.76 Å². The third kappa shape index (κ3) is 2.76. The molecule has 0 aliphatic heterocycles. The fourth-order valence-corrected chi connectivity index (χ4v) is 1.73. The van der Waals surface area contributed by atoms with Gasteiger partial charge in [0.1, 0.15) is 11.5 Å². The van der Waals surface area contributed by atoms with Gasteiger partial charge < -0.3 is 9.84 Å². The van der Waals surface area contributed by atoms with Crippen molar-refractivity contribution in [3.8, 4) is 11.3 Å². The van der Waals surface area contributed by atoms with Gasteiger partial charge in [0, 0.05) is 23.7 Å². The van der Waals surface area contributed by atoms with Crippen molar-refractivity contribution in [2.24, 2.45) is 0 Å². The van der Waals surface area contributed by atoms with Crippen molar-refractivity contribution in [1.82, 2.24) is 10.5 Å². The van der Waals surface area contributed by atoms with Gasteiger partial charge in [-0.15, -0.1) is 0 Å². The lowest BCUT2D eigenvalue weighted by atomic mass is 10.1. The van der Waals surface area contributed by atoms with E-state index in [1.165, 1.54) is 12.1 Å². The van der Waals surface area contributed by atoms with E-state index in [1.54, 1.807) is 6.07 Å². The van der Waals surface area contributed by atoms with Crippen LogP contribution < -0.4 is 5.32 Å². The normalized spacial score (nSPS) is 11.2. The Kier molecular flexibility index (Phi) is 3.77. The molecule has 0 aliphatic rings. The average Bonchev–Trinajstić information content (AvgIpc) is 2.68. The van der Waals surface area contributed by atoms with Gasteiger partial charge in [-0.3, -0.25) is 0 Å². The highest BCUT2D eigenvalue weighted by atomic mass is 19.1. The van der Waals surface area contributed by atoms with Crippen molar-refractivity contribution < 1.29 is 8.91 Å². The molecule has 2 aromatic rings. The Morgan fingerprint density at radius 2 is 2.17 bits per heavy atom. The molecule has 0 fully saturated rings. The topological polar surface area (TPSA) is 38.1 Å². The summed E-state index contributed by atoms with van der Waals surface area (Å²) in [5.74, 6) is 0.361. The molecule has 0 radical (unpaired) electrons. The number of hydrogen-bond acceptors (Lipinski definition) is 3. The molecule has 96 valence electrons. The number of nitrogens with zero attached hydrogens (tertiary/aromatic N) is 1. The minimum atomic E-state index is -0.273. The van der Waals surface area contributed by atoms with Crippen molar-refractivity contribution in [2.75, 3.05) is 0 Å². The van der Waals surface area contributed by atoms with E-state index < -0.39 is 0 Å². The first-order valence-corrected chi connectivity index (χ1v) is 6.02. The fraction of sp³-hybridized carbons (Fsp3) is 0.357. The molecule has 1 N–H and O–H groups in total. The lowest BCUT2D eigenvalue weighted by Crippen LogP contribution is -2.22. The molecule has 0 amide bonds. The maximum atomic E-state index is 13.2. The summed E-state index contributed by atoms with van der Waals surface area (Å²) in [5.41, 5.74) is 2.53. The van der Waals surface area contributed by atoms with E-state index in [0.29, 0.717) is 18.3 Å². The fourth-order valence-electron chi connectivity index (χ4n) is 1.73. The summed E-state index contributed by atoms with van der Waals surface area (Å²) >= 11 is 0.